The molecule has 0 aromatic heterocycles. The average Bonchev–Trinajstić information content (AvgIpc) is 2.46. The van der Waals surface area contributed by atoms with Gasteiger partial charge in [-0.05, 0) is 18.6 Å². The number of allylic oxidation sites excluding steroid dienone is 1. The molecule has 4 nitrogen and oxygen atoms in total. The van der Waals surface area contributed by atoms with E-state index < -0.39 is 0 Å². The van der Waals surface area contributed by atoms with E-state index in [2.05, 4.69) is 6.07 Å². The van der Waals surface area contributed by atoms with Crippen LogP contribution in [0.15, 0.2) is 17.7 Å². The van der Waals surface area contributed by atoms with Crippen LogP contribution in [0.2, 0.25) is 0 Å². The number of halogens is 1. The molecule has 0 aliphatic carbocycles. The molecule has 0 saturated heterocycles. The number of benzene rings is 1. The molecule has 1 aromatic rings. The Morgan fingerprint density at radius 2 is 1.68 bits per heavy atom. The predicted octanol–water partition coefficient (Wildman–Crippen LogP) is 3.60. The van der Waals surface area contributed by atoms with Gasteiger partial charge in [-0.3, -0.25) is 0 Å². The fourth-order valence-electron chi connectivity index (χ4n) is 1.67. The third-order valence-electron chi connectivity index (χ3n) is 2.67. The summed E-state index contributed by atoms with van der Waals surface area (Å²) in [5.74, 6) is 1.50. The van der Waals surface area contributed by atoms with Crippen molar-refractivity contribution in [1.29, 1.82) is 5.26 Å². The van der Waals surface area contributed by atoms with Crippen molar-refractivity contribution in [2.24, 2.45) is 0 Å². The van der Waals surface area contributed by atoms with E-state index in [0.29, 0.717) is 39.8 Å². The van der Waals surface area contributed by atoms with Gasteiger partial charge in [0.1, 0.15) is 0 Å². The molecular weight excluding hydrogens is 266 g/mol. The molecule has 0 spiro atoms. The third kappa shape index (κ3) is 3.12. The highest BCUT2D eigenvalue weighted by Gasteiger charge is 2.16. The Morgan fingerprint density at radius 3 is 2.00 bits per heavy atom. The Labute approximate surface area is 118 Å². The van der Waals surface area contributed by atoms with E-state index in [-0.39, 0.29) is 0 Å². The minimum atomic E-state index is 0.393. The molecule has 0 aliphatic rings. The van der Waals surface area contributed by atoms with Crippen molar-refractivity contribution in [3.63, 3.8) is 0 Å². The minimum Gasteiger partial charge on any atom is -0.493 e. The lowest BCUT2D eigenvalue weighted by molar-refractivity contribution is 0.324. The predicted molar refractivity (Wildman–Crippen MR) is 74.8 cm³/mol. The van der Waals surface area contributed by atoms with Crippen LogP contribution >= 0.6 is 11.6 Å². The van der Waals surface area contributed by atoms with Gasteiger partial charge in [-0.1, -0.05) is 18.5 Å². The van der Waals surface area contributed by atoms with Gasteiger partial charge in [-0.2, -0.15) is 5.26 Å². The third-order valence-corrected chi connectivity index (χ3v) is 3.12. The van der Waals surface area contributed by atoms with Crippen molar-refractivity contribution in [3.8, 4) is 23.3 Å². The highest BCUT2D eigenvalue weighted by atomic mass is 35.5. The topological polar surface area (TPSA) is 51.5 Å². The number of nitrogens with zero attached hydrogens (tertiary/aromatic N) is 1. The zero-order chi connectivity index (χ0) is 14.4. The molecule has 0 atom stereocenters. The van der Waals surface area contributed by atoms with Crippen LogP contribution < -0.4 is 14.2 Å². The van der Waals surface area contributed by atoms with Crippen molar-refractivity contribution in [1.82, 2.24) is 0 Å². The number of hydrogen-bond acceptors (Lipinski definition) is 4. The van der Waals surface area contributed by atoms with E-state index in [1.165, 1.54) is 21.3 Å². The molecule has 1 aromatic carbocycles. The van der Waals surface area contributed by atoms with Crippen LogP contribution in [0.25, 0.3) is 5.03 Å². The maximum Gasteiger partial charge on any atom is 0.203 e. The van der Waals surface area contributed by atoms with Crippen molar-refractivity contribution in [3.05, 3.63) is 23.3 Å². The molecule has 0 bridgehead atoms. The van der Waals surface area contributed by atoms with Crippen LogP contribution in [-0.4, -0.2) is 21.3 Å². The summed E-state index contributed by atoms with van der Waals surface area (Å²) in [5, 5.41) is 9.42. The van der Waals surface area contributed by atoms with Crippen molar-refractivity contribution in [2.75, 3.05) is 21.3 Å². The molecule has 0 amide bonds. The quantitative estimate of drug-likeness (QED) is 0.774. The zero-order valence-electron chi connectivity index (χ0n) is 11.4. The molecule has 0 N–H and O–H groups in total. The van der Waals surface area contributed by atoms with Gasteiger partial charge >= 0.3 is 0 Å². The van der Waals surface area contributed by atoms with E-state index in [0.717, 1.165) is 0 Å². The Hall–Kier alpha value is -1.86. The zero-order valence-corrected chi connectivity index (χ0v) is 12.2. The van der Waals surface area contributed by atoms with E-state index in [1.807, 2.05) is 6.92 Å². The lowest BCUT2D eigenvalue weighted by Crippen LogP contribution is -1.96. The number of methoxy groups -OCH3 is 3. The second-order valence-electron chi connectivity index (χ2n) is 3.67. The van der Waals surface area contributed by atoms with Gasteiger partial charge in [-0.15, -0.1) is 0 Å². The number of hydrogen-bond donors (Lipinski definition) is 0. The summed E-state index contributed by atoms with van der Waals surface area (Å²) >= 11 is 6.23. The Kier molecular flexibility index (Phi) is 5.53. The fourth-order valence-corrected chi connectivity index (χ4v) is 1.95. The molecule has 102 valence electrons. The molecule has 0 unspecified atom stereocenters. The average molecular weight is 282 g/mol. The summed E-state index contributed by atoms with van der Waals surface area (Å²) in [6.07, 6.45) is 0.562. The highest BCUT2D eigenvalue weighted by molar-refractivity contribution is 6.49. The summed E-state index contributed by atoms with van der Waals surface area (Å²) in [4.78, 5) is 0. The summed E-state index contributed by atoms with van der Waals surface area (Å²) in [6.45, 7) is 1.87. The molecular formula is C14H16ClNO3. The Morgan fingerprint density at radius 1 is 1.16 bits per heavy atom. The van der Waals surface area contributed by atoms with Gasteiger partial charge in [0.25, 0.3) is 0 Å². The molecule has 1 rings (SSSR count). The van der Waals surface area contributed by atoms with Crippen LogP contribution in [0.5, 0.6) is 17.2 Å². The second-order valence-corrected chi connectivity index (χ2v) is 4.05. The van der Waals surface area contributed by atoms with E-state index >= 15 is 0 Å². The summed E-state index contributed by atoms with van der Waals surface area (Å²) < 4.78 is 15.7. The molecule has 19 heavy (non-hydrogen) atoms. The Balaban J connectivity index is 3.48. The maximum absolute atomic E-state index is 9.03. The van der Waals surface area contributed by atoms with Gasteiger partial charge in [0.15, 0.2) is 11.5 Å². The number of nitriles is 1. The number of ether oxygens (including phenoxy) is 3. The lowest BCUT2D eigenvalue weighted by atomic mass is 10.1. The SMILES string of the molecule is CCC(C#N)=C(Cl)c1cc(OC)c(OC)c(OC)c1. The van der Waals surface area contributed by atoms with Crippen LogP contribution in [-0.2, 0) is 0 Å². The Bertz CT molecular complexity index is 507. The van der Waals surface area contributed by atoms with Crippen molar-refractivity contribution >= 4 is 16.6 Å². The summed E-state index contributed by atoms with van der Waals surface area (Å²) in [5.41, 5.74) is 1.17. The van der Waals surface area contributed by atoms with Gasteiger partial charge in [0.2, 0.25) is 5.75 Å². The lowest BCUT2D eigenvalue weighted by Gasteiger charge is -2.14. The molecule has 5 heteroatoms. The molecule has 0 heterocycles. The molecule has 0 saturated carbocycles. The summed E-state index contributed by atoms with van der Waals surface area (Å²) in [6, 6.07) is 5.53. The second kappa shape index (κ2) is 6.91. The largest absolute Gasteiger partial charge is 0.493 e. The molecule has 0 fully saturated rings. The van der Waals surface area contributed by atoms with Crippen molar-refractivity contribution in [2.45, 2.75) is 13.3 Å². The van der Waals surface area contributed by atoms with Gasteiger partial charge in [-0.25, -0.2) is 0 Å². The first kappa shape index (κ1) is 15.2. The first-order valence-electron chi connectivity index (χ1n) is 5.72. The standard InChI is InChI=1S/C14H16ClNO3/c1-5-9(8-16)13(15)10-6-11(17-2)14(19-4)12(7-10)18-3/h6-7H,5H2,1-4H3. The van der Waals surface area contributed by atoms with Gasteiger partial charge < -0.3 is 14.2 Å². The molecule has 0 aliphatic heterocycles. The minimum absolute atomic E-state index is 0.393. The van der Waals surface area contributed by atoms with Crippen LogP contribution in [0.3, 0.4) is 0 Å². The van der Waals surface area contributed by atoms with E-state index in [9.17, 15) is 0 Å². The fraction of sp³-hybridized carbons (Fsp3) is 0.357. The normalized spacial score (nSPS) is 11.4. The summed E-state index contributed by atoms with van der Waals surface area (Å²) in [7, 11) is 4.59. The van der Waals surface area contributed by atoms with Gasteiger partial charge in [0.05, 0.1) is 32.4 Å². The number of rotatable bonds is 5. The van der Waals surface area contributed by atoms with Crippen molar-refractivity contribution < 1.29 is 14.2 Å². The van der Waals surface area contributed by atoms with Crippen LogP contribution in [0.1, 0.15) is 18.9 Å². The first-order chi connectivity index (χ1) is 9.12. The smallest absolute Gasteiger partial charge is 0.203 e. The maximum atomic E-state index is 9.03. The van der Waals surface area contributed by atoms with E-state index in [1.54, 1.807) is 12.1 Å². The monoisotopic (exact) mass is 281 g/mol. The van der Waals surface area contributed by atoms with Crippen LogP contribution in [0.4, 0.5) is 0 Å². The van der Waals surface area contributed by atoms with Gasteiger partial charge in [0, 0.05) is 11.1 Å². The highest BCUT2D eigenvalue weighted by Crippen LogP contribution is 2.41. The van der Waals surface area contributed by atoms with Crippen LogP contribution in [0, 0.1) is 11.3 Å². The molecule has 0 radical (unpaired) electrons. The first-order valence-corrected chi connectivity index (χ1v) is 6.09. The van der Waals surface area contributed by atoms with E-state index in [4.69, 9.17) is 31.1 Å².